The summed E-state index contributed by atoms with van der Waals surface area (Å²) in [6, 6.07) is 12.7. The lowest BCUT2D eigenvalue weighted by atomic mass is 10.1. The lowest BCUT2D eigenvalue weighted by Gasteiger charge is -2.11. The van der Waals surface area contributed by atoms with Crippen LogP contribution in [0.4, 0.5) is 0 Å². The Bertz CT molecular complexity index is 467. The fourth-order valence-corrected chi connectivity index (χ4v) is 2.15. The monoisotopic (exact) mass is 246 g/mol. The molecule has 0 aliphatic heterocycles. The summed E-state index contributed by atoms with van der Waals surface area (Å²) in [6.45, 7) is 0.539. The summed E-state index contributed by atoms with van der Waals surface area (Å²) in [5, 5.41) is 4.81. The van der Waals surface area contributed by atoms with Crippen LogP contribution in [0.1, 0.15) is 16.5 Å². The lowest BCUT2D eigenvalue weighted by Crippen LogP contribution is -2.33. The number of thiophene rings is 1. The van der Waals surface area contributed by atoms with Gasteiger partial charge >= 0.3 is 0 Å². The van der Waals surface area contributed by atoms with E-state index >= 15 is 0 Å². The molecule has 0 saturated heterocycles. The number of rotatable bonds is 4. The molecule has 88 valence electrons. The Balaban J connectivity index is 1.92. The van der Waals surface area contributed by atoms with Gasteiger partial charge in [0.1, 0.15) is 6.04 Å². The van der Waals surface area contributed by atoms with Gasteiger partial charge in [0, 0.05) is 4.88 Å². The van der Waals surface area contributed by atoms with Gasteiger partial charge in [-0.15, -0.1) is 11.3 Å². The normalized spacial score (nSPS) is 12.1. The van der Waals surface area contributed by atoms with Crippen LogP contribution in [-0.2, 0) is 11.3 Å². The number of hydrogen-bond donors (Lipinski definition) is 2. The van der Waals surface area contributed by atoms with Crippen molar-refractivity contribution in [1.29, 1.82) is 0 Å². The van der Waals surface area contributed by atoms with Crippen LogP contribution < -0.4 is 11.1 Å². The SMILES string of the molecule is N[C@@H](C(=O)NCc1cccs1)c1ccccc1. The van der Waals surface area contributed by atoms with Gasteiger partial charge in [0.15, 0.2) is 0 Å². The Labute approximate surface area is 104 Å². The molecule has 0 unspecified atom stereocenters. The molecule has 0 saturated carbocycles. The minimum absolute atomic E-state index is 0.149. The van der Waals surface area contributed by atoms with Crippen molar-refractivity contribution >= 4 is 17.2 Å². The zero-order valence-electron chi connectivity index (χ0n) is 9.30. The standard InChI is InChI=1S/C13H14N2OS/c14-12(10-5-2-1-3-6-10)13(16)15-9-11-7-4-8-17-11/h1-8,12H,9,14H2,(H,15,16)/t12-/m1/s1. The average molecular weight is 246 g/mol. The van der Waals surface area contributed by atoms with Gasteiger partial charge in [-0.05, 0) is 17.0 Å². The van der Waals surface area contributed by atoms with E-state index in [2.05, 4.69) is 5.32 Å². The van der Waals surface area contributed by atoms with Crippen LogP contribution in [0.2, 0.25) is 0 Å². The highest BCUT2D eigenvalue weighted by Gasteiger charge is 2.14. The Hall–Kier alpha value is -1.65. The summed E-state index contributed by atoms with van der Waals surface area (Å²) in [5.41, 5.74) is 6.70. The predicted molar refractivity (Wildman–Crippen MR) is 69.5 cm³/mol. The maximum atomic E-state index is 11.8. The first-order chi connectivity index (χ1) is 8.27. The first kappa shape index (κ1) is 11.8. The second kappa shape index (κ2) is 5.61. The van der Waals surface area contributed by atoms with E-state index in [1.807, 2.05) is 47.8 Å². The first-order valence-electron chi connectivity index (χ1n) is 5.38. The van der Waals surface area contributed by atoms with Crippen LogP contribution in [0.5, 0.6) is 0 Å². The summed E-state index contributed by atoms with van der Waals surface area (Å²) < 4.78 is 0. The smallest absolute Gasteiger partial charge is 0.241 e. The zero-order valence-corrected chi connectivity index (χ0v) is 10.1. The van der Waals surface area contributed by atoms with Gasteiger partial charge in [0.05, 0.1) is 6.54 Å². The van der Waals surface area contributed by atoms with Crippen molar-refractivity contribution in [2.75, 3.05) is 0 Å². The van der Waals surface area contributed by atoms with Crippen LogP contribution >= 0.6 is 11.3 Å². The van der Waals surface area contributed by atoms with E-state index < -0.39 is 6.04 Å². The van der Waals surface area contributed by atoms with Crippen LogP contribution in [-0.4, -0.2) is 5.91 Å². The lowest BCUT2D eigenvalue weighted by molar-refractivity contribution is -0.122. The molecule has 2 aromatic rings. The third kappa shape index (κ3) is 3.15. The molecule has 1 amide bonds. The number of hydrogen-bond acceptors (Lipinski definition) is 3. The Morgan fingerprint density at radius 2 is 2.00 bits per heavy atom. The molecule has 0 aliphatic rings. The van der Waals surface area contributed by atoms with E-state index in [9.17, 15) is 4.79 Å². The summed E-state index contributed by atoms with van der Waals surface area (Å²) in [7, 11) is 0. The van der Waals surface area contributed by atoms with Crippen LogP contribution in [0.25, 0.3) is 0 Å². The van der Waals surface area contributed by atoms with E-state index in [4.69, 9.17) is 5.73 Å². The number of carbonyl (C=O) groups excluding carboxylic acids is 1. The van der Waals surface area contributed by atoms with E-state index in [1.165, 1.54) is 0 Å². The topological polar surface area (TPSA) is 55.1 Å². The number of nitrogens with two attached hydrogens (primary N) is 1. The minimum atomic E-state index is -0.601. The summed E-state index contributed by atoms with van der Waals surface area (Å²) in [4.78, 5) is 12.9. The number of carbonyl (C=O) groups is 1. The third-order valence-corrected chi connectivity index (χ3v) is 3.33. The molecule has 1 heterocycles. The second-order valence-corrected chi connectivity index (χ2v) is 4.72. The quantitative estimate of drug-likeness (QED) is 0.867. The van der Waals surface area contributed by atoms with Crippen molar-refractivity contribution in [2.24, 2.45) is 5.73 Å². The molecule has 3 nitrogen and oxygen atoms in total. The molecule has 1 aromatic carbocycles. The van der Waals surface area contributed by atoms with E-state index in [1.54, 1.807) is 11.3 Å². The molecule has 2 rings (SSSR count). The molecular weight excluding hydrogens is 232 g/mol. The number of amides is 1. The molecule has 0 bridgehead atoms. The summed E-state index contributed by atoms with van der Waals surface area (Å²) >= 11 is 1.62. The second-order valence-electron chi connectivity index (χ2n) is 3.69. The highest BCUT2D eigenvalue weighted by atomic mass is 32.1. The van der Waals surface area contributed by atoms with Gasteiger partial charge in [-0.25, -0.2) is 0 Å². The fourth-order valence-electron chi connectivity index (χ4n) is 1.51. The minimum Gasteiger partial charge on any atom is -0.350 e. The molecular formula is C13H14N2OS. The average Bonchev–Trinajstić information content (AvgIpc) is 2.89. The highest BCUT2D eigenvalue weighted by Crippen LogP contribution is 2.11. The van der Waals surface area contributed by atoms with Crippen LogP contribution in [0.15, 0.2) is 47.8 Å². The van der Waals surface area contributed by atoms with Gasteiger partial charge in [-0.3, -0.25) is 4.79 Å². The van der Waals surface area contributed by atoms with Crippen molar-refractivity contribution in [3.05, 3.63) is 58.3 Å². The summed E-state index contributed by atoms with van der Waals surface area (Å²) in [5.74, 6) is -0.149. The molecule has 4 heteroatoms. The van der Waals surface area contributed by atoms with Crippen molar-refractivity contribution in [3.63, 3.8) is 0 Å². The highest BCUT2D eigenvalue weighted by molar-refractivity contribution is 7.09. The number of benzene rings is 1. The maximum absolute atomic E-state index is 11.8. The Morgan fingerprint density at radius 3 is 2.65 bits per heavy atom. The van der Waals surface area contributed by atoms with Crippen molar-refractivity contribution in [2.45, 2.75) is 12.6 Å². The molecule has 1 aromatic heterocycles. The van der Waals surface area contributed by atoms with E-state index in [-0.39, 0.29) is 5.91 Å². The van der Waals surface area contributed by atoms with E-state index in [0.29, 0.717) is 6.54 Å². The molecule has 0 fully saturated rings. The molecule has 17 heavy (non-hydrogen) atoms. The molecule has 0 spiro atoms. The third-order valence-electron chi connectivity index (χ3n) is 2.46. The summed E-state index contributed by atoms with van der Waals surface area (Å²) in [6.07, 6.45) is 0. The molecule has 1 atom stereocenters. The Morgan fingerprint density at radius 1 is 1.24 bits per heavy atom. The fraction of sp³-hybridized carbons (Fsp3) is 0.154. The van der Waals surface area contributed by atoms with Crippen LogP contribution in [0.3, 0.4) is 0 Å². The molecule has 0 aliphatic carbocycles. The van der Waals surface area contributed by atoms with Gasteiger partial charge in [-0.1, -0.05) is 36.4 Å². The van der Waals surface area contributed by atoms with Gasteiger partial charge < -0.3 is 11.1 Å². The van der Waals surface area contributed by atoms with Crippen molar-refractivity contribution < 1.29 is 4.79 Å². The predicted octanol–water partition coefficient (Wildman–Crippen LogP) is 2.06. The largest absolute Gasteiger partial charge is 0.350 e. The van der Waals surface area contributed by atoms with Gasteiger partial charge in [0.25, 0.3) is 0 Å². The first-order valence-corrected chi connectivity index (χ1v) is 6.26. The Kier molecular flexibility index (Phi) is 3.90. The molecule has 0 radical (unpaired) electrons. The van der Waals surface area contributed by atoms with Crippen molar-refractivity contribution in [1.82, 2.24) is 5.32 Å². The number of nitrogens with one attached hydrogen (secondary N) is 1. The van der Waals surface area contributed by atoms with Gasteiger partial charge in [0.2, 0.25) is 5.91 Å². The van der Waals surface area contributed by atoms with Crippen molar-refractivity contribution in [3.8, 4) is 0 Å². The van der Waals surface area contributed by atoms with E-state index in [0.717, 1.165) is 10.4 Å². The molecule has 3 N–H and O–H groups in total. The maximum Gasteiger partial charge on any atom is 0.241 e. The zero-order chi connectivity index (χ0) is 12.1. The van der Waals surface area contributed by atoms with Gasteiger partial charge in [-0.2, -0.15) is 0 Å². The van der Waals surface area contributed by atoms with Crippen LogP contribution in [0, 0.1) is 0 Å².